The number of halogens is 1. The zero-order chi connectivity index (χ0) is 16.9. The van der Waals surface area contributed by atoms with Crippen molar-refractivity contribution in [2.24, 2.45) is 7.05 Å². The summed E-state index contributed by atoms with van der Waals surface area (Å²) in [4.78, 5) is 14.9. The van der Waals surface area contributed by atoms with Crippen LogP contribution in [-0.4, -0.2) is 48.2 Å². The number of nitrogens with one attached hydrogen (secondary N) is 1. The molecule has 0 saturated carbocycles. The molecule has 3 rings (SSSR count). The fourth-order valence-electron chi connectivity index (χ4n) is 3.06. The molecule has 6 heteroatoms. The van der Waals surface area contributed by atoms with Crippen LogP contribution in [0, 0.1) is 0 Å². The van der Waals surface area contributed by atoms with Crippen LogP contribution in [0.5, 0.6) is 0 Å². The zero-order valence-corrected chi connectivity index (χ0v) is 15.3. The highest BCUT2D eigenvalue weighted by Gasteiger charge is 2.25. The third-order valence-electron chi connectivity index (χ3n) is 4.39. The number of carbonyl (C=O) groups is 1. The molecule has 0 bridgehead atoms. The zero-order valence-electron chi connectivity index (χ0n) is 13.7. The summed E-state index contributed by atoms with van der Waals surface area (Å²) in [6.07, 6.45) is 2.04. The summed E-state index contributed by atoms with van der Waals surface area (Å²) in [6, 6.07) is 11.8. The molecule has 2 heterocycles. The van der Waals surface area contributed by atoms with Gasteiger partial charge in [0.15, 0.2) is 0 Å². The first kappa shape index (κ1) is 17.2. The van der Waals surface area contributed by atoms with E-state index in [0.29, 0.717) is 12.1 Å². The van der Waals surface area contributed by atoms with Gasteiger partial charge < -0.3 is 14.6 Å². The lowest BCUT2D eigenvalue weighted by Gasteiger charge is -2.35. The third-order valence-corrected chi connectivity index (χ3v) is 5.08. The molecular formula is C18H22BrN3O2. The van der Waals surface area contributed by atoms with Gasteiger partial charge in [0, 0.05) is 43.0 Å². The lowest BCUT2D eigenvalue weighted by molar-refractivity contribution is 0.0148. The van der Waals surface area contributed by atoms with Gasteiger partial charge in [0.1, 0.15) is 0 Å². The molecule has 1 unspecified atom stereocenters. The molecule has 0 spiro atoms. The normalized spacial score (nSPS) is 16.8. The topological polar surface area (TPSA) is 46.5 Å². The number of morpholine rings is 1. The Morgan fingerprint density at radius 1 is 1.25 bits per heavy atom. The number of nitrogens with zero attached hydrogens (tertiary/aromatic N) is 2. The van der Waals surface area contributed by atoms with Crippen molar-refractivity contribution in [2.75, 3.05) is 32.8 Å². The fraction of sp³-hybridized carbons (Fsp3) is 0.389. The Balaban J connectivity index is 1.73. The van der Waals surface area contributed by atoms with Crippen LogP contribution in [-0.2, 0) is 11.8 Å². The number of amides is 1. The van der Waals surface area contributed by atoms with Crippen molar-refractivity contribution < 1.29 is 9.53 Å². The average Bonchev–Trinajstić information content (AvgIpc) is 3.02. The van der Waals surface area contributed by atoms with E-state index in [1.54, 1.807) is 0 Å². The van der Waals surface area contributed by atoms with Crippen molar-refractivity contribution in [3.8, 4) is 0 Å². The molecule has 1 atom stereocenters. The minimum atomic E-state index is -0.0602. The van der Waals surface area contributed by atoms with E-state index in [1.807, 2.05) is 43.6 Å². The van der Waals surface area contributed by atoms with Crippen LogP contribution in [0.1, 0.15) is 22.1 Å². The van der Waals surface area contributed by atoms with Gasteiger partial charge in [-0.3, -0.25) is 9.69 Å². The van der Waals surface area contributed by atoms with Crippen LogP contribution < -0.4 is 5.32 Å². The van der Waals surface area contributed by atoms with E-state index in [-0.39, 0.29) is 11.9 Å². The molecule has 1 saturated heterocycles. The van der Waals surface area contributed by atoms with Crippen LogP contribution in [0.2, 0.25) is 0 Å². The maximum Gasteiger partial charge on any atom is 0.252 e. The summed E-state index contributed by atoms with van der Waals surface area (Å²) in [7, 11) is 2.04. The predicted octanol–water partition coefficient (Wildman–Crippen LogP) is 2.59. The minimum Gasteiger partial charge on any atom is -0.379 e. The van der Waals surface area contributed by atoms with Gasteiger partial charge in [-0.25, -0.2) is 0 Å². The Hall–Kier alpha value is -1.63. The van der Waals surface area contributed by atoms with Gasteiger partial charge in [-0.05, 0) is 40.2 Å². The standard InChI is InChI=1S/C18H22BrN3O2/c1-21-8-4-7-16(21)17(22-9-11-24-12-10-22)13-20-18(23)14-5-2-3-6-15(14)19/h2-8,17H,9-13H2,1H3,(H,20,23). The molecule has 1 aromatic carbocycles. The Labute approximate surface area is 150 Å². The first-order chi connectivity index (χ1) is 11.7. The monoisotopic (exact) mass is 391 g/mol. The van der Waals surface area contributed by atoms with Crippen molar-refractivity contribution in [3.05, 3.63) is 58.3 Å². The Bertz CT molecular complexity index is 695. The third kappa shape index (κ3) is 3.88. The Morgan fingerprint density at radius 2 is 2.00 bits per heavy atom. The molecule has 1 aliphatic rings. The molecular weight excluding hydrogens is 370 g/mol. The maximum atomic E-state index is 12.5. The highest BCUT2D eigenvalue weighted by molar-refractivity contribution is 9.10. The lowest BCUT2D eigenvalue weighted by Crippen LogP contribution is -2.44. The van der Waals surface area contributed by atoms with E-state index in [9.17, 15) is 4.79 Å². The van der Waals surface area contributed by atoms with E-state index in [1.165, 1.54) is 5.69 Å². The van der Waals surface area contributed by atoms with Crippen LogP contribution in [0.15, 0.2) is 47.1 Å². The summed E-state index contributed by atoms with van der Waals surface area (Å²) in [5.74, 6) is -0.0602. The summed E-state index contributed by atoms with van der Waals surface area (Å²) < 4.78 is 8.39. The summed E-state index contributed by atoms with van der Waals surface area (Å²) >= 11 is 3.44. The van der Waals surface area contributed by atoms with E-state index >= 15 is 0 Å². The Kier molecular flexibility index (Phi) is 5.71. The minimum absolute atomic E-state index is 0.0602. The van der Waals surface area contributed by atoms with Gasteiger partial charge in [0.25, 0.3) is 5.91 Å². The summed E-state index contributed by atoms with van der Waals surface area (Å²) in [5, 5.41) is 3.09. The molecule has 1 amide bonds. The number of carbonyl (C=O) groups excluding carboxylic acids is 1. The van der Waals surface area contributed by atoms with Crippen molar-refractivity contribution in [2.45, 2.75) is 6.04 Å². The number of aryl methyl sites for hydroxylation is 1. The van der Waals surface area contributed by atoms with Crippen molar-refractivity contribution in [1.29, 1.82) is 0 Å². The average molecular weight is 392 g/mol. The first-order valence-electron chi connectivity index (χ1n) is 8.12. The van der Waals surface area contributed by atoms with Crippen molar-refractivity contribution >= 4 is 21.8 Å². The Morgan fingerprint density at radius 3 is 2.67 bits per heavy atom. The number of benzene rings is 1. The van der Waals surface area contributed by atoms with Crippen molar-refractivity contribution in [3.63, 3.8) is 0 Å². The van der Waals surface area contributed by atoms with Crippen LogP contribution >= 0.6 is 15.9 Å². The molecule has 128 valence electrons. The van der Waals surface area contributed by atoms with E-state index in [4.69, 9.17) is 4.74 Å². The molecule has 5 nitrogen and oxygen atoms in total. The van der Waals surface area contributed by atoms with Gasteiger partial charge in [0.05, 0.1) is 24.8 Å². The smallest absolute Gasteiger partial charge is 0.252 e. The SMILES string of the molecule is Cn1cccc1C(CNC(=O)c1ccccc1Br)N1CCOCC1. The number of hydrogen-bond acceptors (Lipinski definition) is 3. The second kappa shape index (κ2) is 7.96. The number of hydrogen-bond donors (Lipinski definition) is 1. The van der Waals surface area contributed by atoms with E-state index in [2.05, 4.69) is 36.8 Å². The number of aromatic nitrogens is 1. The number of rotatable bonds is 5. The maximum absolute atomic E-state index is 12.5. The van der Waals surface area contributed by atoms with Gasteiger partial charge in [-0.15, -0.1) is 0 Å². The first-order valence-corrected chi connectivity index (χ1v) is 8.92. The molecule has 1 N–H and O–H groups in total. The molecule has 0 aliphatic carbocycles. The van der Waals surface area contributed by atoms with E-state index in [0.717, 1.165) is 30.8 Å². The van der Waals surface area contributed by atoms with Crippen LogP contribution in [0.25, 0.3) is 0 Å². The van der Waals surface area contributed by atoms with E-state index < -0.39 is 0 Å². The highest BCUT2D eigenvalue weighted by atomic mass is 79.9. The second-order valence-corrected chi connectivity index (χ2v) is 6.75. The molecule has 1 aromatic heterocycles. The number of ether oxygens (including phenoxy) is 1. The predicted molar refractivity (Wildman–Crippen MR) is 97.0 cm³/mol. The lowest BCUT2D eigenvalue weighted by atomic mass is 10.1. The quantitative estimate of drug-likeness (QED) is 0.851. The van der Waals surface area contributed by atoms with Crippen LogP contribution in [0.3, 0.4) is 0 Å². The molecule has 1 fully saturated rings. The van der Waals surface area contributed by atoms with Gasteiger partial charge in [-0.2, -0.15) is 0 Å². The molecule has 2 aromatic rings. The highest BCUT2D eigenvalue weighted by Crippen LogP contribution is 2.22. The summed E-state index contributed by atoms with van der Waals surface area (Å²) in [6.45, 7) is 3.79. The largest absolute Gasteiger partial charge is 0.379 e. The molecule has 0 radical (unpaired) electrons. The van der Waals surface area contributed by atoms with Gasteiger partial charge in [0.2, 0.25) is 0 Å². The second-order valence-electron chi connectivity index (χ2n) is 5.90. The van der Waals surface area contributed by atoms with Gasteiger partial charge >= 0.3 is 0 Å². The summed E-state index contributed by atoms with van der Waals surface area (Å²) in [5.41, 5.74) is 1.86. The van der Waals surface area contributed by atoms with Crippen LogP contribution in [0.4, 0.5) is 0 Å². The molecule has 24 heavy (non-hydrogen) atoms. The van der Waals surface area contributed by atoms with Crippen molar-refractivity contribution in [1.82, 2.24) is 14.8 Å². The fourth-order valence-corrected chi connectivity index (χ4v) is 3.53. The van der Waals surface area contributed by atoms with Gasteiger partial charge in [-0.1, -0.05) is 12.1 Å². The molecule has 1 aliphatic heterocycles.